The molecule has 1 aromatic heterocycles. The third kappa shape index (κ3) is 4.80. The molecule has 116 valence electrons. The Labute approximate surface area is 133 Å². The van der Waals surface area contributed by atoms with Gasteiger partial charge in [-0.05, 0) is 36.4 Å². The van der Waals surface area contributed by atoms with Gasteiger partial charge in [0, 0.05) is 24.2 Å². The second-order valence-electron chi connectivity index (χ2n) is 4.39. The maximum Gasteiger partial charge on any atom is 0.240 e. The van der Waals surface area contributed by atoms with Crippen molar-refractivity contribution in [3.8, 4) is 0 Å². The maximum atomic E-state index is 12.0. The Bertz CT molecular complexity index is 734. The summed E-state index contributed by atoms with van der Waals surface area (Å²) in [4.78, 5) is 15.7. The zero-order valence-electron chi connectivity index (χ0n) is 11.5. The van der Waals surface area contributed by atoms with Crippen molar-refractivity contribution < 1.29 is 13.2 Å². The molecule has 0 fully saturated rings. The average Bonchev–Trinajstić information content (AvgIpc) is 2.48. The van der Waals surface area contributed by atoms with Crippen LogP contribution < -0.4 is 10.0 Å². The summed E-state index contributed by atoms with van der Waals surface area (Å²) < 4.78 is 26.3. The number of nitrogens with one attached hydrogen (secondary N) is 2. The first-order chi connectivity index (χ1) is 10.5. The Hall–Kier alpha value is -1.96. The molecule has 22 heavy (non-hydrogen) atoms. The second kappa shape index (κ2) is 7.35. The molecule has 2 aromatic rings. The van der Waals surface area contributed by atoms with Crippen LogP contribution in [0.3, 0.4) is 0 Å². The molecule has 0 radical (unpaired) electrons. The summed E-state index contributed by atoms with van der Waals surface area (Å²) in [5.41, 5.74) is 0.563. The lowest BCUT2D eigenvalue weighted by Gasteiger charge is -2.07. The number of carbonyl (C=O) groups is 1. The lowest BCUT2D eigenvalue weighted by Crippen LogP contribution is -2.27. The molecule has 0 unspecified atom stereocenters. The van der Waals surface area contributed by atoms with Gasteiger partial charge in [-0.2, -0.15) is 0 Å². The average molecular weight is 340 g/mol. The first-order valence-electron chi connectivity index (χ1n) is 6.42. The number of rotatable bonds is 6. The van der Waals surface area contributed by atoms with Gasteiger partial charge in [-0.1, -0.05) is 11.6 Å². The van der Waals surface area contributed by atoms with Crippen molar-refractivity contribution in [3.63, 3.8) is 0 Å². The molecule has 0 aliphatic rings. The van der Waals surface area contributed by atoms with Crippen molar-refractivity contribution in [1.82, 2.24) is 9.71 Å². The number of pyridine rings is 1. The normalized spacial score (nSPS) is 11.1. The summed E-state index contributed by atoms with van der Waals surface area (Å²) in [5.74, 6) is -0.299. The van der Waals surface area contributed by atoms with Gasteiger partial charge in [0.05, 0.1) is 16.8 Å². The molecule has 1 heterocycles. The van der Waals surface area contributed by atoms with Gasteiger partial charge in [0.25, 0.3) is 0 Å². The van der Waals surface area contributed by atoms with Crippen molar-refractivity contribution in [2.75, 3.05) is 11.9 Å². The molecule has 6 nitrogen and oxygen atoms in total. The zero-order valence-corrected chi connectivity index (χ0v) is 13.1. The second-order valence-corrected chi connectivity index (χ2v) is 6.59. The fourth-order valence-electron chi connectivity index (χ4n) is 1.66. The van der Waals surface area contributed by atoms with Crippen LogP contribution >= 0.6 is 11.6 Å². The fourth-order valence-corrected chi connectivity index (χ4v) is 2.81. The first-order valence-corrected chi connectivity index (χ1v) is 8.28. The number of halogens is 1. The molecule has 1 aromatic carbocycles. The lowest BCUT2D eigenvalue weighted by atomic mass is 10.3. The topological polar surface area (TPSA) is 88.2 Å². The van der Waals surface area contributed by atoms with E-state index in [0.717, 1.165) is 0 Å². The molecule has 0 aliphatic heterocycles. The van der Waals surface area contributed by atoms with Crippen LogP contribution in [0.2, 0.25) is 5.02 Å². The number of aromatic nitrogens is 1. The van der Waals surface area contributed by atoms with E-state index in [2.05, 4.69) is 15.0 Å². The van der Waals surface area contributed by atoms with Crippen LogP contribution in [0.5, 0.6) is 0 Å². The van der Waals surface area contributed by atoms with Crippen LogP contribution in [0.15, 0.2) is 53.7 Å². The highest BCUT2D eigenvalue weighted by Gasteiger charge is 2.13. The highest BCUT2D eigenvalue weighted by Crippen LogP contribution is 2.13. The molecule has 2 rings (SSSR count). The Kier molecular flexibility index (Phi) is 5.48. The smallest absolute Gasteiger partial charge is 0.240 e. The van der Waals surface area contributed by atoms with E-state index in [1.165, 1.54) is 30.5 Å². The van der Waals surface area contributed by atoms with Gasteiger partial charge in [-0.3, -0.25) is 9.78 Å². The lowest BCUT2D eigenvalue weighted by molar-refractivity contribution is -0.116. The molecule has 0 aliphatic carbocycles. The van der Waals surface area contributed by atoms with Crippen molar-refractivity contribution >= 4 is 33.2 Å². The fraction of sp³-hybridized carbons (Fsp3) is 0.143. The van der Waals surface area contributed by atoms with Crippen LogP contribution in [-0.4, -0.2) is 25.9 Å². The first kappa shape index (κ1) is 16.4. The van der Waals surface area contributed by atoms with E-state index < -0.39 is 10.0 Å². The predicted octanol–water partition coefficient (Wildman–Crippen LogP) is 2.04. The molecule has 0 saturated carbocycles. The molecule has 1 amide bonds. The highest BCUT2D eigenvalue weighted by molar-refractivity contribution is 7.89. The largest absolute Gasteiger partial charge is 0.325 e. The Morgan fingerprint density at radius 1 is 1.18 bits per heavy atom. The van der Waals surface area contributed by atoms with E-state index in [0.29, 0.717) is 10.7 Å². The van der Waals surface area contributed by atoms with Crippen LogP contribution in [0.4, 0.5) is 5.69 Å². The van der Waals surface area contributed by atoms with Gasteiger partial charge in [-0.25, -0.2) is 13.1 Å². The number of amides is 1. The number of sulfonamides is 1. The van der Waals surface area contributed by atoms with Gasteiger partial charge in [0.1, 0.15) is 0 Å². The minimum atomic E-state index is -3.65. The molecule has 8 heteroatoms. The molecule has 2 N–H and O–H groups in total. The zero-order chi connectivity index (χ0) is 16.0. The van der Waals surface area contributed by atoms with Gasteiger partial charge >= 0.3 is 0 Å². The van der Waals surface area contributed by atoms with E-state index in [4.69, 9.17) is 11.6 Å². The summed E-state index contributed by atoms with van der Waals surface area (Å²) in [6, 6.07) is 9.18. The predicted molar refractivity (Wildman–Crippen MR) is 84.1 cm³/mol. The summed E-state index contributed by atoms with van der Waals surface area (Å²) in [6.07, 6.45) is 3.12. The standard InChI is InChI=1S/C14H14ClN3O3S/c15-11-3-5-13(6-4-11)22(20,21)17-9-7-14(19)18-12-2-1-8-16-10-12/h1-6,8,10,17H,7,9H2,(H,18,19). The maximum absolute atomic E-state index is 12.0. The van der Waals surface area contributed by atoms with Crippen molar-refractivity contribution in [2.45, 2.75) is 11.3 Å². The summed E-state index contributed by atoms with van der Waals surface area (Å²) in [7, 11) is -3.65. The van der Waals surface area contributed by atoms with Gasteiger partial charge in [0.15, 0.2) is 0 Å². The monoisotopic (exact) mass is 339 g/mol. The minimum Gasteiger partial charge on any atom is -0.325 e. The van der Waals surface area contributed by atoms with Crippen molar-refractivity contribution in [1.29, 1.82) is 0 Å². The third-order valence-corrected chi connectivity index (χ3v) is 4.44. The van der Waals surface area contributed by atoms with Crippen molar-refractivity contribution in [3.05, 3.63) is 53.8 Å². The SMILES string of the molecule is O=C(CCNS(=O)(=O)c1ccc(Cl)cc1)Nc1cccnc1. The van der Waals surface area contributed by atoms with Crippen LogP contribution in [-0.2, 0) is 14.8 Å². The number of hydrogen-bond donors (Lipinski definition) is 2. The number of carbonyl (C=O) groups excluding carboxylic acids is 1. The van der Waals surface area contributed by atoms with E-state index in [9.17, 15) is 13.2 Å². The van der Waals surface area contributed by atoms with E-state index in [1.807, 2.05) is 0 Å². The quantitative estimate of drug-likeness (QED) is 0.843. The van der Waals surface area contributed by atoms with Gasteiger partial charge in [0.2, 0.25) is 15.9 Å². The van der Waals surface area contributed by atoms with Crippen LogP contribution in [0.25, 0.3) is 0 Å². The van der Waals surface area contributed by atoms with E-state index in [1.54, 1.807) is 18.3 Å². The number of hydrogen-bond acceptors (Lipinski definition) is 4. The molecule has 0 spiro atoms. The molecule has 0 saturated heterocycles. The number of nitrogens with zero attached hydrogens (tertiary/aromatic N) is 1. The highest BCUT2D eigenvalue weighted by atomic mass is 35.5. The summed E-state index contributed by atoms with van der Waals surface area (Å²) in [5, 5.41) is 3.08. The molecular formula is C14H14ClN3O3S. The Balaban J connectivity index is 1.85. The minimum absolute atomic E-state index is 0.00292. The molecule has 0 atom stereocenters. The van der Waals surface area contributed by atoms with Gasteiger partial charge < -0.3 is 5.32 Å². The third-order valence-electron chi connectivity index (χ3n) is 2.71. The van der Waals surface area contributed by atoms with Crippen LogP contribution in [0.1, 0.15) is 6.42 Å². The number of anilines is 1. The van der Waals surface area contributed by atoms with E-state index >= 15 is 0 Å². The number of benzene rings is 1. The van der Waals surface area contributed by atoms with Crippen LogP contribution in [0, 0.1) is 0 Å². The van der Waals surface area contributed by atoms with Gasteiger partial charge in [-0.15, -0.1) is 0 Å². The Morgan fingerprint density at radius 2 is 1.91 bits per heavy atom. The van der Waals surface area contributed by atoms with E-state index in [-0.39, 0.29) is 23.8 Å². The van der Waals surface area contributed by atoms with Crippen molar-refractivity contribution in [2.24, 2.45) is 0 Å². The summed E-state index contributed by atoms with van der Waals surface area (Å²) in [6.45, 7) is -0.00292. The molecule has 0 bridgehead atoms. The molecular weight excluding hydrogens is 326 g/mol. The Morgan fingerprint density at radius 3 is 2.55 bits per heavy atom. The summed E-state index contributed by atoms with van der Waals surface area (Å²) >= 11 is 5.71.